The Labute approximate surface area is 121 Å². The van der Waals surface area contributed by atoms with E-state index in [1.54, 1.807) is 12.3 Å². The highest BCUT2D eigenvalue weighted by Gasteiger charge is 2.27. The molecule has 0 fully saturated rings. The molecule has 1 aliphatic heterocycles. The lowest BCUT2D eigenvalue weighted by molar-refractivity contribution is 0.453. The van der Waals surface area contributed by atoms with E-state index in [1.807, 2.05) is 42.5 Å². The number of hydrogen-bond acceptors (Lipinski definition) is 2. The number of fused-ring (bicyclic) bond motifs is 2. The van der Waals surface area contributed by atoms with Gasteiger partial charge in [0.2, 0.25) is 5.56 Å². The molecular weight excluding hydrogens is 262 g/mol. The lowest BCUT2D eigenvalue weighted by Gasteiger charge is -2.28. The predicted molar refractivity (Wildman–Crippen MR) is 81.0 cm³/mol. The smallest absolute Gasteiger partial charge is 0.247 e. The van der Waals surface area contributed by atoms with Gasteiger partial charge in [0.25, 0.3) is 0 Å². The van der Waals surface area contributed by atoms with E-state index in [4.69, 9.17) is 4.74 Å². The molecule has 0 saturated carbocycles. The van der Waals surface area contributed by atoms with Crippen LogP contribution < -0.4 is 10.3 Å². The second kappa shape index (κ2) is 4.63. The first-order valence-corrected chi connectivity index (χ1v) is 6.87. The topological polar surface area (TPSA) is 42.1 Å². The zero-order chi connectivity index (χ0) is 14.2. The SMILES string of the molecule is O=c1ccc(C2c3ccccc3Oc3ccccc32)c[nH]1. The molecule has 21 heavy (non-hydrogen) atoms. The van der Waals surface area contributed by atoms with Crippen LogP contribution in [0.15, 0.2) is 71.7 Å². The molecule has 0 radical (unpaired) electrons. The van der Waals surface area contributed by atoms with Crippen LogP contribution in [0, 0.1) is 0 Å². The quantitative estimate of drug-likeness (QED) is 0.576. The number of benzene rings is 2. The Morgan fingerprint density at radius 2 is 1.43 bits per heavy atom. The molecule has 2 heterocycles. The zero-order valence-electron chi connectivity index (χ0n) is 11.2. The van der Waals surface area contributed by atoms with Crippen LogP contribution in [-0.4, -0.2) is 4.98 Å². The number of pyridine rings is 1. The van der Waals surface area contributed by atoms with Gasteiger partial charge in [0.05, 0.1) is 0 Å². The normalized spacial score (nSPS) is 13.1. The fraction of sp³-hybridized carbons (Fsp3) is 0.0556. The molecule has 0 aliphatic carbocycles. The van der Waals surface area contributed by atoms with Crippen molar-refractivity contribution in [1.29, 1.82) is 0 Å². The fourth-order valence-corrected chi connectivity index (χ4v) is 2.87. The average Bonchev–Trinajstić information content (AvgIpc) is 2.53. The van der Waals surface area contributed by atoms with Gasteiger partial charge in [-0.3, -0.25) is 4.79 Å². The molecule has 3 aromatic rings. The summed E-state index contributed by atoms with van der Waals surface area (Å²) >= 11 is 0. The van der Waals surface area contributed by atoms with E-state index >= 15 is 0 Å². The van der Waals surface area contributed by atoms with Crippen LogP contribution in [0.4, 0.5) is 0 Å². The largest absolute Gasteiger partial charge is 0.457 e. The zero-order valence-corrected chi connectivity index (χ0v) is 11.2. The number of aromatic nitrogens is 1. The molecule has 3 heteroatoms. The van der Waals surface area contributed by atoms with Gasteiger partial charge in [0.15, 0.2) is 0 Å². The van der Waals surface area contributed by atoms with Gasteiger partial charge in [0, 0.05) is 29.3 Å². The molecule has 3 nitrogen and oxygen atoms in total. The van der Waals surface area contributed by atoms with Gasteiger partial charge < -0.3 is 9.72 Å². The van der Waals surface area contributed by atoms with Crippen molar-refractivity contribution in [3.63, 3.8) is 0 Å². The summed E-state index contributed by atoms with van der Waals surface area (Å²) in [6.45, 7) is 0. The highest BCUT2D eigenvalue weighted by Crippen LogP contribution is 2.46. The predicted octanol–water partition coefficient (Wildman–Crippen LogP) is 3.66. The maximum atomic E-state index is 11.3. The van der Waals surface area contributed by atoms with E-state index in [0.29, 0.717) is 0 Å². The first-order chi connectivity index (χ1) is 10.3. The number of nitrogens with one attached hydrogen (secondary N) is 1. The summed E-state index contributed by atoms with van der Waals surface area (Å²) in [5.41, 5.74) is 3.19. The van der Waals surface area contributed by atoms with Crippen molar-refractivity contribution in [2.24, 2.45) is 0 Å². The number of aromatic amines is 1. The van der Waals surface area contributed by atoms with Gasteiger partial charge >= 0.3 is 0 Å². The van der Waals surface area contributed by atoms with Crippen molar-refractivity contribution in [3.05, 3.63) is 93.9 Å². The summed E-state index contributed by atoms with van der Waals surface area (Å²) < 4.78 is 5.98. The molecule has 0 amide bonds. The van der Waals surface area contributed by atoms with Crippen molar-refractivity contribution in [2.75, 3.05) is 0 Å². The number of ether oxygens (including phenoxy) is 1. The summed E-state index contributed by atoms with van der Waals surface area (Å²) in [6.07, 6.45) is 1.78. The maximum Gasteiger partial charge on any atom is 0.247 e. The Hall–Kier alpha value is -2.81. The van der Waals surface area contributed by atoms with Crippen molar-refractivity contribution in [2.45, 2.75) is 5.92 Å². The third-order valence-corrected chi connectivity index (χ3v) is 3.82. The van der Waals surface area contributed by atoms with Crippen LogP contribution in [0.3, 0.4) is 0 Å². The molecule has 1 aromatic heterocycles. The fourth-order valence-electron chi connectivity index (χ4n) is 2.87. The maximum absolute atomic E-state index is 11.3. The van der Waals surface area contributed by atoms with Crippen LogP contribution in [-0.2, 0) is 0 Å². The number of para-hydroxylation sites is 2. The van der Waals surface area contributed by atoms with Crippen molar-refractivity contribution in [3.8, 4) is 11.5 Å². The molecule has 0 saturated heterocycles. The van der Waals surface area contributed by atoms with Gasteiger partial charge in [-0.1, -0.05) is 42.5 Å². The Morgan fingerprint density at radius 1 is 0.810 bits per heavy atom. The minimum atomic E-state index is -0.0904. The van der Waals surface area contributed by atoms with Crippen LogP contribution in [0.25, 0.3) is 0 Å². The van der Waals surface area contributed by atoms with Gasteiger partial charge in [-0.25, -0.2) is 0 Å². The molecule has 1 N–H and O–H groups in total. The van der Waals surface area contributed by atoms with Crippen molar-refractivity contribution >= 4 is 0 Å². The van der Waals surface area contributed by atoms with E-state index < -0.39 is 0 Å². The van der Waals surface area contributed by atoms with E-state index in [-0.39, 0.29) is 11.5 Å². The standard InChI is InChI=1S/C18H13NO2/c20-17-10-9-12(11-19-17)18-13-5-1-3-7-15(13)21-16-8-4-2-6-14(16)18/h1-11,18H,(H,19,20). The van der Waals surface area contributed by atoms with Gasteiger partial charge in [-0.2, -0.15) is 0 Å². The summed E-state index contributed by atoms with van der Waals surface area (Å²) in [5, 5.41) is 0. The van der Waals surface area contributed by atoms with E-state index in [2.05, 4.69) is 17.1 Å². The lowest BCUT2D eigenvalue weighted by atomic mass is 9.83. The first kappa shape index (κ1) is 12.0. The summed E-state index contributed by atoms with van der Waals surface area (Å²) in [4.78, 5) is 14.1. The highest BCUT2D eigenvalue weighted by molar-refractivity contribution is 5.57. The molecular formula is C18H13NO2. The second-order valence-corrected chi connectivity index (χ2v) is 5.10. The van der Waals surface area contributed by atoms with E-state index in [0.717, 1.165) is 28.2 Å². The summed E-state index contributed by atoms with van der Waals surface area (Å²) in [7, 11) is 0. The van der Waals surface area contributed by atoms with Gasteiger partial charge in [-0.15, -0.1) is 0 Å². The molecule has 0 bridgehead atoms. The molecule has 2 aromatic carbocycles. The van der Waals surface area contributed by atoms with E-state index in [9.17, 15) is 4.79 Å². The first-order valence-electron chi connectivity index (χ1n) is 6.87. The molecule has 0 spiro atoms. The summed E-state index contributed by atoms with van der Waals surface area (Å²) in [6, 6.07) is 19.5. The second-order valence-electron chi connectivity index (χ2n) is 5.10. The number of rotatable bonds is 1. The van der Waals surface area contributed by atoms with Crippen molar-refractivity contribution in [1.82, 2.24) is 4.98 Å². The number of H-pyrrole nitrogens is 1. The Bertz CT molecular complexity index is 801. The van der Waals surface area contributed by atoms with Crippen LogP contribution >= 0.6 is 0 Å². The van der Waals surface area contributed by atoms with Gasteiger partial charge in [0.1, 0.15) is 11.5 Å². The van der Waals surface area contributed by atoms with Crippen LogP contribution in [0.5, 0.6) is 11.5 Å². The molecule has 0 unspecified atom stereocenters. The van der Waals surface area contributed by atoms with Crippen LogP contribution in [0.2, 0.25) is 0 Å². The Kier molecular flexibility index (Phi) is 2.64. The van der Waals surface area contributed by atoms with Crippen molar-refractivity contribution < 1.29 is 4.74 Å². The molecule has 1 aliphatic rings. The summed E-state index contributed by atoms with van der Waals surface area (Å²) in [5.74, 6) is 1.81. The minimum Gasteiger partial charge on any atom is -0.457 e. The molecule has 4 rings (SSSR count). The molecule has 102 valence electrons. The van der Waals surface area contributed by atoms with E-state index in [1.165, 1.54) is 0 Å². The Morgan fingerprint density at radius 3 is 2.00 bits per heavy atom. The third kappa shape index (κ3) is 1.94. The average molecular weight is 275 g/mol. The molecule has 0 atom stereocenters. The highest BCUT2D eigenvalue weighted by atomic mass is 16.5. The number of hydrogen-bond donors (Lipinski definition) is 1. The van der Waals surface area contributed by atoms with Crippen LogP contribution in [0.1, 0.15) is 22.6 Å². The minimum absolute atomic E-state index is 0.0722. The lowest BCUT2D eigenvalue weighted by Crippen LogP contribution is -2.13. The Balaban J connectivity index is 1.97. The monoisotopic (exact) mass is 275 g/mol. The van der Waals surface area contributed by atoms with Gasteiger partial charge in [-0.05, 0) is 17.7 Å². The third-order valence-electron chi connectivity index (χ3n) is 3.82.